The van der Waals surface area contributed by atoms with Crippen molar-refractivity contribution in [3.05, 3.63) is 44.3 Å². The molecule has 3 heterocycles. The van der Waals surface area contributed by atoms with Crippen LogP contribution in [0.15, 0.2) is 20.2 Å². The fraction of sp³-hybridized carbons (Fsp3) is 0.625. The Morgan fingerprint density at radius 1 is 1.29 bits per heavy atom. The number of hydrogen-bond donors (Lipinski definition) is 0. The Morgan fingerprint density at radius 2 is 2.04 bits per heavy atom. The highest BCUT2D eigenvalue weighted by Gasteiger charge is 2.31. The third-order valence-corrected chi connectivity index (χ3v) is 4.60. The van der Waals surface area contributed by atoms with Crippen LogP contribution in [-0.2, 0) is 20.6 Å². The van der Waals surface area contributed by atoms with E-state index in [1.165, 1.54) is 17.7 Å². The van der Waals surface area contributed by atoms with Crippen molar-refractivity contribution in [3.8, 4) is 0 Å². The third kappa shape index (κ3) is 2.93. The predicted molar refractivity (Wildman–Crippen MR) is 87.7 cm³/mol. The predicted octanol–water partition coefficient (Wildman–Crippen LogP) is 0.928. The van der Waals surface area contributed by atoms with Crippen LogP contribution in [0.5, 0.6) is 0 Å². The van der Waals surface area contributed by atoms with Gasteiger partial charge in [-0.25, -0.2) is 4.79 Å². The van der Waals surface area contributed by atoms with Crippen molar-refractivity contribution in [2.45, 2.75) is 45.2 Å². The molecule has 1 aliphatic rings. The van der Waals surface area contributed by atoms with Crippen molar-refractivity contribution in [1.29, 1.82) is 0 Å². The molecule has 0 unspecified atom stereocenters. The van der Waals surface area contributed by atoms with Crippen LogP contribution in [0.4, 0.5) is 0 Å². The molecule has 0 aliphatic carbocycles. The van der Waals surface area contributed by atoms with E-state index in [2.05, 4.69) is 15.0 Å². The molecule has 8 nitrogen and oxygen atoms in total. The minimum atomic E-state index is -0.310. The first-order valence-electron chi connectivity index (χ1n) is 8.22. The van der Waals surface area contributed by atoms with Crippen LogP contribution in [0.25, 0.3) is 0 Å². The second-order valence-corrected chi connectivity index (χ2v) is 6.65. The molecule has 2 aromatic rings. The van der Waals surface area contributed by atoms with Crippen molar-refractivity contribution in [3.63, 3.8) is 0 Å². The average Bonchev–Trinajstić information content (AvgIpc) is 3.19. The standard InChI is InChI=1S/C16H23N5O3/c1-10(2)15-17-14(18-24-15)12-6-5-7-21(12)9-11-8-13(22)20(4)16(23)19(11)3/h8,10,12H,5-7,9H2,1-4H3/t12-/m0/s1. The molecule has 1 saturated heterocycles. The Hall–Kier alpha value is -2.22. The summed E-state index contributed by atoms with van der Waals surface area (Å²) in [5.74, 6) is 1.52. The van der Waals surface area contributed by atoms with Gasteiger partial charge in [-0.2, -0.15) is 4.98 Å². The van der Waals surface area contributed by atoms with Gasteiger partial charge in [0.05, 0.1) is 6.04 Å². The molecule has 0 N–H and O–H groups in total. The van der Waals surface area contributed by atoms with E-state index >= 15 is 0 Å². The largest absolute Gasteiger partial charge is 0.339 e. The van der Waals surface area contributed by atoms with Crippen LogP contribution in [0, 0.1) is 0 Å². The summed E-state index contributed by atoms with van der Waals surface area (Å²) in [4.78, 5) is 30.7. The Bertz CT molecular complexity index is 848. The fourth-order valence-corrected chi connectivity index (χ4v) is 3.06. The fourth-order valence-electron chi connectivity index (χ4n) is 3.06. The van der Waals surface area contributed by atoms with Crippen molar-refractivity contribution in [2.75, 3.05) is 6.54 Å². The van der Waals surface area contributed by atoms with Crippen LogP contribution in [0.2, 0.25) is 0 Å². The van der Waals surface area contributed by atoms with E-state index in [4.69, 9.17) is 4.52 Å². The lowest BCUT2D eigenvalue weighted by molar-refractivity contribution is 0.227. The highest BCUT2D eigenvalue weighted by Crippen LogP contribution is 2.31. The van der Waals surface area contributed by atoms with E-state index in [1.54, 1.807) is 7.05 Å². The van der Waals surface area contributed by atoms with E-state index in [-0.39, 0.29) is 23.2 Å². The van der Waals surface area contributed by atoms with Gasteiger partial charge in [0.2, 0.25) is 5.89 Å². The molecule has 130 valence electrons. The number of rotatable bonds is 4. The van der Waals surface area contributed by atoms with Crippen molar-refractivity contribution in [1.82, 2.24) is 24.2 Å². The minimum absolute atomic E-state index is 0.0559. The van der Waals surface area contributed by atoms with Gasteiger partial charge in [-0.3, -0.25) is 18.8 Å². The van der Waals surface area contributed by atoms with Crippen molar-refractivity contribution in [2.24, 2.45) is 14.1 Å². The number of likely N-dealkylation sites (tertiary alicyclic amines) is 1. The Labute approximate surface area is 139 Å². The first kappa shape index (κ1) is 16.6. The van der Waals surface area contributed by atoms with Gasteiger partial charge in [-0.05, 0) is 19.4 Å². The lowest BCUT2D eigenvalue weighted by Gasteiger charge is -2.23. The van der Waals surface area contributed by atoms with Crippen LogP contribution in [-0.4, -0.2) is 30.7 Å². The van der Waals surface area contributed by atoms with Gasteiger partial charge in [0.1, 0.15) is 0 Å². The second kappa shape index (κ2) is 6.35. The Kier molecular flexibility index (Phi) is 4.40. The van der Waals surface area contributed by atoms with Gasteiger partial charge in [0, 0.05) is 38.3 Å². The van der Waals surface area contributed by atoms with E-state index in [0.29, 0.717) is 24.0 Å². The average molecular weight is 333 g/mol. The summed E-state index contributed by atoms with van der Waals surface area (Å²) < 4.78 is 7.95. The van der Waals surface area contributed by atoms with Gasteiger partial charge >= 0.3 is 5.69 Å². The summed E-state index contributed by atoms with van der Waals surface area (Å²) in [6.07, 6.45) is 1.96. The van der Waals surface area contributed by atoms with Gasteiger partial charge in [0.15, 0.2) is 5.82 Å². The lowest BCUT2D eigenvalue weighted by Crippen LogP contribution is -2.39. The first-order valence-corrected chi connectivity index (χ1v) is 8.22. The zero-order chi connectivity index (χ0) is 17.4. The molecule has 1 fully saturated rings. The number of aromatic nitrogens is 4. The van der Waals surface area contributed by atoms with Crippen molar-refractivity contribution >= 4 is 0 Å². The summed E-state index contributed by atoms with van der Waals surface area (Å²) in [5.41, 5.74) is 0.1000. The Morgan fingerprint density at radius 3 is 2.71 bits per heavy atom. The zero-order valence-electron chi connectivity index (χ0n) is 14.5. The summed E-state index contributed by atoms with van der Waals surface area (Å²) in [6, 6.07) is 1.58. The molecular formula is C16H23N5O3. The maximum atomic E-state index is 12.1. The monoisotopic (exact) mass is 333 g/mol. The van der Waals surface area contributed by atoms with E-state index in [9.17, 15) is 9.59 Å². The molecule has 1 atom stereocenters. The molecule has 0 amide bonds. The highest BCUT2D eigenvalue weighted by atomic mass is 16.5. The molecule has 0 spiro atoms. The number of nitrogens with zero attached hydrogens (tertiary/aromatic N) is 5. The van der Waals surface area contributed by atoms with E-state index in [1.807, 2.05) is 13.8 Å². The normalized spacial score (nSPS) is 18.6. The minimum Gasteiger partial charge on any atom is -0.339 e. The SMILES string of the molecule is CC(C)c1nc([C@@H]2CCCN2Cc2cc(=O)n(C)c(=O)n2C)no1. The molecule has 24 heavy (non-hydrogen) atoms. The summed E-state index contributed by atoms with van der Waals surface area (Å²) in [7, 11) is 3.17. The quantitative estimate of drug-likeness (QED) is 0.827. The zero-order valence-corrected chi connectivity index (χ0v) is 14.5. The molecule has 0 bridgehead atoms. The molecule has 0 saturated carbocycles. The van der Waals surface area contributed by atoms with Crippen LogP contribution in [0.3, 0.4) is 0 Å². The molecule has 2 aromatic heterocycles. The summed E-state index contributed by atoms with van der Waals surface area (Å²) in [6.45, 7) is 5.41. The summed E-state index contributed by atoms with van der Waals surface area (Å²) >= 11 is 0. The van der Waals surface area contributed by atoms with Gasteiger partial charge in [-0.1, -0.05) is 19.0 Å². The van der Waals surface area contributed by atoms with E-state index in [0.717, 1.165) is 24.0 Å². The van der Waals surface area contributed by atoms with Gasteiger partial charge in [0.25, 0.3) is 5.56 Å². The Balaban J connectivity index is 1.87. The molecule has 3 rings (SSSR count). The maximum Gasteiger partial charge on any atom is 0.330 e. The molecule has 0 aromatic carbocycles. The lowest BCUT2D eigenvalue weighted by atomic mass is 10.2. The molecule has 8 heteroatoms. The molecule has 0 radical (unpaired) electrons. The van der Waals surface area contributed by atoms with Gasteiger partial charge in [-0.15, -0.1) is 0 Å². The first-order chi connectivity index (χ1) is 11.4. The smallest absolute Gasteiger partial charge is 0.330 e. The molecular weight excluding hydrogens is 310 g/mol. The van der Waals surface area contributed by atoms with Gasteiger partial charge < -0.3 is 4.52 Å². The van der Waals surface area contributed by atoms with E-state index < -0.39 is 0 Å². The van der Waals surface area contributed by atoms with Crippen LogP contribution < -0.4 is 11.2 Å². The second-order valence-electron chi connectivity index (χ2n) is 6.65. The summed E-state index contributed by atoms with van der Waals surface area (Å²) in [5, 5.41) is 4.12. The maximum absolute atomic E-state index is 12.1. The topological polar surface area (TPSA) is 86.2 Å². The highest BCUT2D eigenvalue weighted by molar-refractivity contribution is 5.06. The van der Waals surface area contributed by atoms with Crippen LogP contribution in [0.1, 0.15) is 56.1 Å². The number of hydrogen-bond acceptors (Lipinski definition) is 6. The third-order valence-electron chi connectivity index (χ3n) is 4.60. The molecule has 1 aliphatic heterocycles. The van der Waals surface area contributed by atoms with Crippen LogP contribution >= 0.6 is 0 Å². The van der Waals surface area contributed by atoms with Crippen molar-refractivity contribution < 1.29 is 4.52 Å².